The number of fused-ring (bicyclic) bond motifs is 5. The zero-order valence-electron chi connectivity index (χ0n) is 35.5. The maximum absolute atomic E-state index is 15.5. The molecular formula is C47H57BN3O8. The molecule has 1 N–H and O–H groups in total. The van der Waals surface area contributed by atoms with Crippen LogP contribution in [0.2, 0.25) is 0 Å². The maximum Gasteiger partial charge on any atom is 0.344 e. The largest absolute Gasteiger partial charge is 0.496 e. The highest BCUT2D eigenvalue weighted by molar-refractivity contribution is 6.67. The van der Waals surface area contributed by atoms with Gasteiger partial charge in [-0.15, -0.1) is 0 Å². The Balaban J connectivity index is 1.36. The molecule has 6 aliphatic heterocycles. The van der Waals surface area contributed by atoms with Crippen LogP contribution in [0.1, 0.15) is 76.5 Å². The van der Waals surface area contributed by atoms with Gasteiger partial charge in [0.25, 0.3) is 0 Å². The highest BCUT2D eigenvalue weighted by atomic mass is 16.6. The number of esters is 3. The van der Waals surface area contributed by atoms with E-state index in [0.29, 0.717) is 38.1 Å². The first-order valence-corrected chi connectivity index (χ1v) is 21.5. The number of carbonyl (C=O) groups excluding carboxylic acids is 3. The first-order valence-electron chi connectivity index (χ1n) is 21.5. The summed E-state index contributed by atoms with van der Waals surface area (Å²) in [5.41, 5.74) is 2.73. The van der Waals surface area contributed by atoms with Gasteiger partial charge in [0.15, 0.2) is 13.4 Å². The summed E-state index contributed by atoms with van der Waals surface area (Å²) in [6, 6.07) is 11.4. The lowest BCUT2D eigenvalue weighted by atomic mass is 9.47. The van der Waals surface area contributed by atoms with Crippen molar-refractivity contribution in [2.75, 3.05) is 65.5 Å². The van der Waals surface area contributed by atoms with E-state index in [1.807, 2.05) is 37.9 Å². The summed E-state index contributed by atoms with van der Waals surface area (Å²) in [5.74, 6) is -1.18. The number of hydrogen-bond acceptors (Lipinski definition) is 11. The van der Waals surface area contributed by atoms with E-state index < -0.39 is 45.9 Å². The van der Waals surface area contributed by atoms with Crippen molar-refractivity contribution >= 4 is 41.9 Å². The molecule has 1 saturated heterocycles. The van der Waals surface area contributed by atoms with Crippen molar-refractivity contribution in [3.63, 3.8) is 0 Å². The monoisotopic (exact) mass is 802 g/mol. The summed E-state index contributed by atoms with van der Waals surface area (Å²) in [7, 11) is 7.03. The summed E-state index contributed by atoms with van der Waals surface area (Å²) < 4.78 is 24.4. The normalized spacial score (nSPS) is 35.1. The van der Waals surface area contributed by atoms with Crippen molar-refractivity contribution in [2.24, 2.45) is 11.3 Å². The second-order valence-corrected chi connectivity index (χ2v) is 17.8. The fourth-order valence-electron chi connectivity index (χ4n) is 13.3. The summed E-state index contributed by atoms with van der Waals surface area (Å²) >= 11 is 0. The molecule has 7 aliphatic rings. The van der Waals surface area contributed by atoms with E-state index in [2.05, 4.69) is 66.5 Å². The van der Waals surface area contributed by atoms with Crippen LogP contribution in [0.4, 0.5) is 5.69 Å². The molecule has 9 atom stereocenters. The predicted octanol–water partition coefficient (Wildman–Crippen LogP) is 4.26. The molecule has 12 heteroatoms. The van der Waals surface area contributed by atoms with E-state index >= 15 is 4.79 Å². The summed E-state index contributed by atoms with van der Waals surface area (Å²) in [6.45, 7) is 11.6. The number of anilines is 1. The fourth-order valence-corrected chi connectivity index (χ4v) is 13.3. The quantitative estimate of drug-likeness (QED) is 0.179. The van der Waals surface area contributed by atoms with Crippen LogP contribution in [0.25, 0.3) is 5.57 Å². The Morgan fingerprint density at radius 3 is 2.53 bits per heavy atom. The van der Waals surface area contributed by atoms with Gasteiger partial charge in [-0.25, -0.2) is 4.79 Å². The molecule has 311 valence electrons. The summed E-state index contributed by atoms with van der Waals surface area (Å²) in [5, 5.41) is 13.4. The maximum atomic E-state index is 15.5. The average Bonchev–Trinajstić information content (AvgIpc) is 3.90. The van der Waals surface area contributed by atoms with Crippen LogP contribution in [-0.4, -0.2) is 124 Å². The molecule has 0 aromatic heterocycles. The molecule has 6 heterocycles. The highest BCUT2D eigenvalue weighted by Gasteiger charge is 2.80. The molecule has 9 rings (SSSR count). The molecule has 2 bridgehead atoms. The minimum Gasteiger partial charge on any atom is -0.496 e. The molecule has 2 fully saturated rings. The van der Waals surface area contributed by atoms with Crippen LogP contribution in [-0.2, 0) is 39.4 Å². The van der Waals surface area contributed by atoms with E-state index in [1.165, 1.54) is 19.6 Å². The molecule has 1 radical (unpaired) electrons. The lowest BCUT2D eigenvalue weighted by Crippen LogP contribution is -2.81. The van der Waals surface area contributed by atoms with Gasteiger partial charge in [0, 0.05) is 74.3 Å². The van der Waals surface area contributed by atoms with E-state index in [9.17, 15) is 14.7 Å². The molecule has 1 saturated carbocycles. The number of rotatable bonds is 8. The van der Waals surface area contributed by atoms with E-state index in [0.717, 1.165) is 71.4 Å². The molecule has 0 amide bonds. The third-order valence-electron chi connectivity index (χ3n) is 15.3. The SMILES string of the molecule is CCOC(=O)[C@]1(c2cc3c(cc2OC)N(C)C2C(O)(C(=O)OC)[C@H](OC(C)=O)[C@]4(CC)C=CCN5CC[C@]32[C@@H]54)C[C@@H]2C=C(CC)CN(CCC3=C1[B]c1ccccc13)C2. The highest BCUT2D eigenvalue weighted by Crippen LogP contribution is 2.68. The zero-order chi connectivity index (χ0) is 41.6. The molecule has 2 aromatic carbocycles. The third-order valence-corrected chi connectivity index (χ3v) is 15.3. The van der Waals surface area contributed by atoms with Gasteiger partial charge in [0.1, 0.15) is 11.2 Å². The van der Waals surface area contributed by atoms with Crippen molar-refractivity contribution in [3.8, 4) is 5.75 Å². The molecule has 3 unspecified atom stereocenters. The molecule has 1 aliphatic carbocycles. The van der Waals surface area contributed by atoms with Gasteiger partial charge in [-0.1, -0.05) is 72.8 Å². The number of likely N-dealkylation sites (N-methyl/N-ethyl adjacent to an activating group) is 1. The zero-order valence-corrected chi connectivity index (χ0v) is 35.5. The minimum absolute atomic E-state index is 0.0420. The van der Waals surface area contributed by atoms with Crippen LogP contribution in [0.15, 0.2) is 65.7 Å². The molecule has 11 nitrogen and oxygen atoms in total. The predicted molar refractivity (Wildman–Crippen MR) is 226 cm³/mol. The Bertz CT molecular complexity index is 2200. The number of methoxy groups -OCH3 is 2. The summed E-state index contributed by atoms with van der Waals surface area (Å²) in [4.78, 5) is 49.9. The Morgan fingerprint density at radius 1 is 1.02 bits per heavy atom. The van der Waals surface area contributed by atoms with Crippen LogP contribution >= 0.6 is 0 Å². The summed E-state index contributed by atoms with van der Waals surface area (Å²) in [6.07, 6.45) is 8.57. The molecule has 1 spiro atoms. The van der Waals surface area contributed by atoms with Crippen LogP contribution < -0.4 is 15.1 Å². The number of nitrogens with zero attached hydrogens (tertiary/aromatic N) is 3. The number of benzene rings is 2. The Morgan fingerprint density at radius 2 is 1.81 bits per heavy atom. The molecule has 2 aromatic rings. The van der Waals surface area contributed by atoms with E-state index in [-0.39, 0.29) is 24.5 Å². The second kappa shape index (κ2) is 14.4. The average molecular weight is 803 g/mol. The van der Waals surface area contributed by atoms with Crippen molar-refractivity contribution in [1.29, 1.82) is 0 Å². The van der Waals surface area contributed by atoms with Gasteiger partial charge in [-0.2, -0.15) is 0 Å². The Kier molecular flexibility index (Phi) is 9.76. The van der Waals surface area contributed by atoms with Crippen LogP contribution in [0.5, 0.6) is 5.75 Å². The van der Waals surface area contributed by atoms with Gasteiger partial charge in [-0.05, 0) is 74.3 Å². The minimum atomic E-state index is -2.27. The number of hydrogen-bond donors (Lipinski definition) is 1. The van der Waals surface area contributed by atoms with Gasteiger partial charge < -0.3 is 29.0 Å². The van der Waals surface area contributed by atoms with Crippen molar-refractivity contribution < 1.29 is 38.4 Å². The van der Waals surface area contributed by atoms with E-state index in [4.69, 9.17) is 18.9 Å². The smallest absolute Gasteiger partial charge is 0.344 e. The van der Waals surface area contributed by atoms with Crippen molar-refractivity contribution in [3.05, 3.63) is 82.4 Å². The first-order chi connectivity index (χ1) is 28.4. The topological polar surface area (TPSA) is 118 Å². The molecular weight excluding hydrogens is 745 g/mol. The number of aliphatic hydroxyl groups is 1. The lowest BCUT2D eigenvalue weighted by Gasteiger charge is -2.63. The van der Waals surface area contributed by atoms with Crippen LogP contribution in [0, 0.1) is 11.3 Å². The lowest BCUT2D eigenvalue weighted by molar-refractivity contribution is -0.228. The Hall–Kier alpha value is -4.39. The third kappa shape index (κ3) is 5.34. The number of ether oxygens (including phenoxy) is 4. The standard InChI is InChI=1S/C47H57BN3O8/c1-8-29-22-30-25-46(42(53)58-10-3,38-32(16-20-50(26-29)27-30)31-14-11-12-15-35(31)48-38)34-23-33-36(24-37(34)56-6)49(5)40-45(33)18-21-51-19-13-17-44(9-2,39(45)51)41(59-28(4)52)47(40,55)43(54)57-7/h11-15,17,22-24,30,39-41,55H,8-10,16,18-21,25-27H2,1-7H3/t30-,39-,40?,41+,44+,45+,46-,47?/m0/s1. The Labute approximate surface area is 348 Å². The van der Waals surface area contributed by atoms with Gasteiger partial charge in [-0.3, -0.25) is 19.4 Å². The fraction of sp³-hybridized carbons (Fsp3) is 0.553. The van der Waals surface area contributed by atoms with Gasteiger partial charge in [0.2, 0.25) is 5.60 Å². The number of carbonyl (C=O) groups is 3. The van der Waals surface area contributed by atoms with E-state index in [1.54, 1.807) is 7.11 Å². The second-order valence-electron chi connectivity index (χ2n) is 17.8. The molecule has 59 heavy (non-hydrogen) atoms. The van der Waals surface area contributed by atoms with Crippen LogP contribution in [0.3, 0.4) is 0 Å². The van der Waals surface area contributed by atoms with Gasteiger partial charge in [0.05, 0.1) is 26.9 Å². The van der Waals surface area contributed by atoms with Gasteiger partial charge >= 0.3 is 17.9 Å². The van der Waals surface area contributed by atoms with Crippen molar-refractivity contribution in [1.82, 2.24) is 9.80 Å². The van der Waals surface area contributed by atoms with Crippen molar-refractivity contribution in [2.45, 2.75) is 94.4 Å². The first kappa shape index (κ1) is 40.0.